The van der Waals surface area contributed by atoms with Crippen LogP contribution in [0.3, 0.4) is 0 Å². The van der Waals surface area contributed by atoms with Gasteiger partial charge in [0.25, 0.3) is 0 Å². The van der Waals surface area contributed by atoms with Crippen LogP contribution in [0.5, 0.6) is 5.75 Å². The summed E-state index contributed by atoms with van der Waals surface area (Å²) in [7, 11) is 3.41. The molecule has 0 radical (unpaired) electrons. The van der Waals surface area contributed by atoms with Crippen molar-refractivity contribution in [2.24, 2.45) is 4.99 Å². The molecule has 5 nitrogen and oxygen atoms in total. The van der Waals surface area contributed by atoms with Gasteiger partial charge in [-0.15, -0.1) is 11.8 Å². The molecule has 2 heterocycles. The Morgan fingerprint density at radius 2 is 2.35 bits per heavy atom. The number of carbonyl (C=O) groups excluding carboxylic acids is 1. The van der Waals surface area contributed by atoms with E-state index in [1.165, 1.54) is 16.7 Å². The first-order valence-corrected chi connectivity index (χ1v) is 6.14. The summed E-state index contributed by atoms with van der Waals surface area (Å²) in [5.41, 5.74) is 0.451. The van der Waals surface area contributed by atoms with Gasteiger partial charge in [-0.05, 0) is 12.1 Å². The van der Waals surface area contributed by atoms with E-state index < -0.39 is 0 Å². The summed E-state index contributed by atoms with van der Waals surface area (Å²) in [5, 5.41) is 10.3. The molecule has 1 N–H and O–H groups in total. The first-order chi connectivity index (χ1) is 8.09. The second-order valence-corrected chi connectivity index (χ2v) is 4.87. The lowest BCUT2D eigenvalue weighted by Gasteiger charge is -2.12. The third kappa shape index (κ3) is 2.41. The van der Waals surface area contributed by atoms with E-state index in [0.717, 1.165) is 0 Å². The average Bonchev–Trinajstić information content (AvgIpc) is 2.77. The topological polar surface area (TPSA) is 65.8 Å². The van der Waals surface area contributed by atoms with E-state index in [0.29, 0.717) is 16.5 Å². The lowest BCUT2D eigenvalue weighted by atomic mass is 10.3. The Labute approximate surface area is 104 Å². The number of aromatic nitrogens is 1. The van der Waals surface area contributed by atoms with Gasteiger partial charge in [0.15, 0.2) is 0 Å². The molecule has 1 aromatic heterocycles. The number of pyridine rings is 1. The van der Waals surface area contributed by atoms with Crippen LogP contribution in [0.15, 0.2) is 23.3 Å². The fraction of sp³-hybridized carbons (Fsp3) is 0.364. The van der Waals surface area contributed by atoms with Gasteiger partial charge in [-0.2, -0.15) is 0 Å². The molecule has 17 heavy (non-hydrogen) atoms. The summed E-state index contributed by atoms with van der Waals surface area (Å²) in [4.78, 5) is 21.6. The molecule has 1 atom stereocenters. The summed E-state index contributed by atoms with van der Waals surface area (Å²) >= 11 is 1.44. The van der Waals surface area contributed by atoms with Crippen LogP contribution in [-0.4, -0.2) is 51.8 Å². The van der Waals surface area contributed by atoms with Crippen LogP contribution >= 0.6 is 11.8 Å². The lowest BCUT2D eigenvalue weighted by Crippen LogP contribution is -2.32. The zero-order valence-electron chi connectivity index (χ0n) is 9.62. The van der Waals surface area contributed by atoms with Gasteiger partial charge < -0.3 is 10.0 Å². The van der Waals surface area contributed by atoms with E-state index in [4.69, 9.17) is 0 Å². The van der Waals surface area contributed by atoms with Crippen molar-refractivity contribution in [3.05, 3.63) is 24.0 Å². The Hall–Kier alpha value is -1.56. The first-order valence-electron chi connectivity index (χ1n) is 5.15. The standard InChI is InChI=1S/C11H13N3O2S/c1-14(2)11(16)7-6-17-10(13-7)9-8(15)4-3-5-12-9/h3-5,7,15H,6H2,1-2H3/t7-/m1/s1. The van der Waals surface area contributed by atoms with Crippen LogP contribution in [-0.2, 0) is 4.79 Å². The van der Waals surface area contributed by atoms with E-state index in [1.807, 2.05) is 0 Å². The van der Waals surface area contributed by atoms with Crippen molar-refractivity contribution in [3.8, 4) is 5.75 Å². The highest BCUT2D eigenvalue weighted by Crippen LogP contribution is 2.27. The number of aliphatic imine (C=N–C) groups is 1. The summed E-state index contributed by atoms with van der Waals surface area (Å²) in [6.45, 7) is 0. The quantitative estimate of drug-likeness (QED) is 0.842. The van der Waals surface area contributed by atoms with Crippen LogP contribution in [0.4, 0.5) is 0 Å². The first kappa shape index (κ1) is 11.9. The number of hydrogen-bond donors (Lipinski definition) is 1. The van der Waals surface area contributed by atoms with Crippen molar-refractivity contribution < 1.29 is 9.90 Å². The molecule has 1 aliphatic rings. The minimum atomic E-state index is -0.369. The monoisotopic (exact) mass is 251 g/mol. The van der Waals surface area contributed by atoms with Gasteiger partial charge in [-0.1, -0.05) is 0 Å². The van der Waals surface area contributed by atoms with Gasteiger partial charge >= 0.3 is 0 Å². The molecule has 0 bridgehead atoms. The molecule has 0 unspecified atom stereocenters. The van der Waals surface area contributed by atoms with E-state index in [2.05, 4.69) is 9.98 Å². The van der Waals surface area contributed by atoms with Crippen LogP contribution in [0.25, 0.3) is 0 Å². The lowest BCUT2D eigenvalue weighted by molar-refractivity contribution is -0.129. The zero-order chi connectivity index (χ0) is 12.4. The Morgan fingerprint density at radius 1 is 1.59 bits per heavy atom. The maximum atomic E-state index is 11.7. The van der Waals surface area contributed by atoms with Crippen molar-refractivity contribution >= 4 is 22.7 Å². The third-order valence-corrected chi connectivity index (χ3v) is 3.42. The smallest absolute Gasteiger partial charge is 0.247 e. The van der Waals surface area contributed by atoms with E-state index in [-0.39, 0.29) is 17.7 Å². The molecule has 0 fully saturated rings. The van der Waals surface area contributed by atoms with Gasteiger partial charge in [0.05, 0.1) is 0 Å². The molecule has 1 aromatic rings. The molecule has 0 saturated heterocycles. The number of carbonyl (C=O) groups is 1. The minimum Gasteiger partial charge on any atom is -0.506 e. The summed E-state index contributed by atoms with van der Waals surface area (Å²) in [6, 6.07) is 2.85. The third-order valence-electron chi connectivity index (χ3n) is 2.37. The Morgan fingerprint density at radius 3 is 3.00 bits per heavy atom. The second-order valence-electron chi connectivity index (χ2n) is 3.86. The summed E-state index contributed by atoms with van der Waals surface area (Å²) in [5.74, 6) is 0.669. The SMILES string of the molecule is CN(C)C(=O)[C@H]1CSC(c2ncccc2O)=N1. The van der Waals surface area contributed by atoms with E-state index in [9.17, 15) is 9.90 Å². The summed E-state index contributed by atoms with van der Waals surface area (Å²) < 4.78 is 0. The molecular weight excluding hydrogens is 238 g/mol. The highest BCUT2D eigenvalue weighted by atomic mass is 32.2. The molecule has 0 spiro atoms. The highest BCUT2D eigenvalue weighted by molar-refractivity contribution is 8.14. The second kappa shape index (κ2) is 4.75. The molecule has 0 aliphatic carbocycles. The van der Waals surface area contributed by atoms with Gasteiger partial charge in [-0.25, -0.2) is 0 Å². The van der Waals surface area contributed by atoms with Crippen LogP contribution in [0.2, 0.25) is 0 Å². The van der Waals surface area contributed by atoms with Gasteiger partial charge in [0.1, 0.15) is 22.5 Å². The number of thioether (sulfide) groups is 1. The number of rotatable bonds is 2. The van der Waals surface area contributed by atoms with E-state index >= 15 is 0 Å². The Kier molecular flexibility index (Phi) is 3.33. The molecule has 0 saturated carbocycles. The Balaban J connectivity index is 2.23. The Bertz CT molecular complexity index is 474. The molecule has 6 heteroatoms. The van der Waals surface area contributed by atoms with Crippen molar-refractivity contribution in [1.29, 1.82) is 0 Å². The number of hydrogen-bond acceptors (Lipinski definition) is 5. The van der Waals surface area contributed by atoms with E-state index in [1.54, 1.807) is 32.4 Å². The number of likely N-dealkylation sites (N-methyl/N-ethyl adjacent to an activating group) is 1. The molecule has 0 aromatic carbocycles. The zero-order valence-corrected chi connectivity index (χ0v) is 10.4. The maximum Gasteiger partial charge on any atom is 0.247 e. The van der Waals surface area contributed by atoms with Gasteiger partial charge in [0, 0.05) is 26.0 Å². The van der Waals surface area contributed by atoms with Gasteiger partial charge in [-0.3, -0.25) is 14.8 Å². The highest BCUT2D eigenvalue weighted by Gasteiger charge is 2.28. The number of nitrogens with zero attached hydrogens (tertiary/aromatic N) is 3. The fourth-order valence-corrected chi connectivity index (χ4v) is 2.52. The molecule has 90 valence electrons. The average molecular weight is 251 g/mol. The van der Waals surface area contributed by atoms with Crippen LogP contribution < -0.4 is 0 Å². The minimum absolute atomic E-state index is 0.0251. The molecular formula is C11H13N3O2S. The van der Waals surface area contributed by atoms with Crippen molar-refractivity contribution in [2.75, 3.05) is 19.8 Å². The predicted molar refractivity (Wildman–Crippen MR) is 67.4 cm³/mol. The number of aromatic hydroxyl groups is 1. The number of amides is 1. The van der Waals surface area contributed by atoms with Crippen molar-refractivity contribution in [2.45, 2.75) is 6.04 Å². The maximum absolute atomic E-state index is 11.7. The summed E-state index contributed by atoms with van der Waals surface area (Å²) in [6.07, 6.45) is 1.60. The predicted octanol–water partition coefficient (Wildman–Crippen LogP) is 0.737. The fourth-order valence-electron chi connectivity index (χ4n) is 1.49. The van der Waals surface area contributed by atoms with Crippen LogP contribution in [0.1, 0.15) is 5.69 Å². The van der Waals surface area contributed by atoms with Crippen LogP contribution in [0, 0.1) is 0 Å². The van der Waals surface area contributed by atoms with Gasteiger partial charge in [0.2, 0.25) is 5.91 Å². The van der Waals surface area contributed by atoms with Crippen molar-refractivity contribution in [1.82, 2.24) is 9.88 Å². The normalized spacial score (nSPS) is 18.9. The molecule has 1 amide bonds. The molecule has 2 rings (SSSR count). The molecule has 1 aliphatic heterocycles. The van der Waals surface area contributed by atoms with Crippen molar-refractivity contribution in [3.63, 3.8) is 0 Å². The largest absolute Gasteiger partial charge is 0.506 e.